The minimum atomic E-state index is -0.362. The molecule has 0 saturated carbocycles. The van der Waals surface area contributed by atoms with E-state index < -0.39 is 0 Å². The Hall–Kier alpha value is -2.63. The zero-order chi connectivity index (χ0) is 19.3. The summed E-state index contributed by atoms with van der Waals surface area (Å²) in [6.07, 6.45) is 4.81. The number of nitrogens with zero attached hydrogens (tertiary/aromatic N) is 1. The second kappa shape index (κ2) is 8.59. The number of nitrogens with one attached hydrogen (secondary N) is 1. The summed E-state index contributed by atoms with van der Waals surface area (Å²) in [5, 5.41) is 4.89. The number of benzene rings is 2. The number of carbonyl (C=O) groups excluding carboxylic acids is 1. The van der Waals surface area contributed by atoms with Crippen LogP contribution in [0.5, 0.6) is 0 Å². The standard InChI is InChI=1S/C22H21ClN2O3/c23-15-8-9-17-20(10-11-24-21(17)13-15)25-19-7-2-1-6-18(19)22(26)28-14-16-5-3-4-12-27-16/h1-2,6-11,13,16H,3-5,12,14H2,(H,24,25). The maximum absolute atomic E-state index is 12.7. The number of carbonyl (C=O) groups is 1. The summed E-state index contributed by atoms with van der Waals surface area (Å²) in [4.78, 5) is 17.0. The summed E-state index contributed by atoms with van der Waals surface area (Å²) in [6, 6.07) is 14.7. The molecule has 1 aromatic heterocycles. The smallest absolute Gasteiger partial charge is 0.340 e. The molecule has 0 amide bonds. The lowest BCUT2D eigenvalue weighted by molar-refractivity contribution is -0.0300. The molecule has 1 N–H and O–H groups in total. The van der Waals surface area contributed by atoms with Gasteiger partial charge in [-0.2, -0.15) is 0 Å². The molecular formula is C22H21ClN2O3. The van der Waals surface area contributed by atoms with Crippen LogP contribution >= 0.6 is 11.6 Å². The number of pyridine rings is 1. The molecular weight excluding hydrogens is 376 g/mol. The monoisotopic (exact) mass is 396 g/mol. The van der Waals surface area contributed by atoms with Crippen LogP contribution in [0.25, 0.3) is 10.9 Å². The molecule has 1 saturated heterocycles. The van der Waals surface area contributed by atoms with Crippen molar-refractivity contribution in [2.45, 2.75) is 25.4 Å². The molecule has 0 radical (unpaired) electrons. The van der Waals surface area contributed by atoms with Gasteiger partial charge < -0.3 is 14.8 Å². The number of rotatable bonds is 5. The van der Waals surface area contributed by atoms with Crippen molar-refractivity contribution in [2.24, 2.45) is 0 Å². The fraction of sp³-hybridized carbons (Fsp3) is 0.273. The Kier molecular flexibility index (Phi) is 5.74. The Balaban J connectivity index is 1.54. The van der Waals surface area contributed by atoms with E-state index in [2.05, 4.69) is 10.3 Å². The fourth-order valence-electron chi connectivity index (χ4n) is 3.33. The first kappa shape index (κ1) is 18.7. The number of hydrogen-bond donors (Lipinski definition) is 1. The highest BCUT2D eigenvalue weighted by Gasteiger charge is 2.18. The Morgan fingerprint density at radius 1 is 1.18 bits per heavy atom. The summed E-state index contributed by atoms with van der Waals surface area (Å²) >= 11 is 6.06. The van der Waals surface area contributed by atoms with Gasteiger partial charge in [-0.15, -0.1) is 0 Å². The van der Waals surface area contributed by atoms with Crippen LogP contribution in [0.3, 0.4) is 0 Å². The van der Waals surface area contributed by atoms with Crippen LogP contribution in [0.15, 0.2) is 54.7 Å². The third-order valence-corrected chi connectivity index (χ3v) is 5.03. The van der Waals surface area contributed by atoms with Crippen LogP contribution in [-0.4, -0.2) is 30.3 Å². The van der Waals surface area contributed by atoms with Crippen molar-refractivity contribution in [1.29, 1.82) is 0 Å². The molecule has 2 aromatic carbocycles. The van der Waals surface area contributed by atoms with Gasteiger partial charge in [-0.1, -0.05) is 23.7 Å². The van der Waals surface area contributed by atoms with Crippen LogP contribution < -0.4 is 5.32 Å². The Morgan fingerprint density at radius 3 is 2.93 bits per heavy atom. The van der Waals surface area contributed by atoms with E-state index in [-0.39, 0.29) is 18.7 Å². The van der Waals surface area contributed by atoms with Crippen LogP contribution in [-0.2, 0) is 9.47 Å². The maximum atomic E-state index is 12.7. The van der Waals surface area contributed by atoms with Gasteiger partial charge in [0.1, 0.15) is 6.61 Å². The molecule has 2 heterocycles. The van der Waals surface area contributed by atoms with Gasteiger partial charge >= 0.3 is 5.97 Å². The highest BCUT2D eigenvalue weighted by molar-refractivity contribution is 6.31. The zero-order valence-corrected chi connectivity index (χ0v) is 16.1. The lowest BCUT2D eigenvalue weighted by atomic mass is 10.1. The highest BCUT2D eigenvalue weighted by Crippen LogP contribution is 2.29. The van der Waals surface area contributed by atoms with Crippen molar-refractivity contribution in [3.63, 3.8) is 0 Å². The second-order valence-electron chi connectivity index (χ2n) is 6.78. The number of aromatic nitrogens is 1. The van der Waals surface area contributed by atoms with Crippen molar-refractivity contribution in [2.75, 3.05) is 18.5 Å². The maximum Gasteiger partial charge on any atom is 0.340 e. The minimum absolute atomic E-state index is 0.00767. The van der Waals surface area contributed by atoms with Crippen LogP contribution in [0.1, 0.15) is 29.6 Å². The first-order valence-electron chi connectivity index (χ1n) is 9.40. The summed E-state index contributed by atoms with van der Waals surface area (Å²) in [7, 11) is 0. The Bertz CT molecular complexity index is 986. The Labute approximate surface area is 168 Å². The predicted octanol–water partition coefficient (Wildman–Crippen LogP) is 5.36. The lowest BCUT2D eigenvalue weighted by Crippen LogP contribution is -2.26. The van der Waals surface area contributed by atoms with Gasteiger partial charge in [-0.25, -0.2) is 4.79 Å². The van der Waals surface area contributed by atoms with Crippen LogP contribution in [0.2, 0.25) is 5.02 Å². The first-order valence-corrected chi connectivity index (χ1v) is 9.77. The van der Waals surface area contributed by atoms with Crippen LogP contribution in [0.4, 0.5) is 11.4 Å². The molecule has 1 fully saturated rings. The highest BCUT2D eigenvalue weighted by atomic mass is 35.5. The molecule has 0 spiro atoms. The molecule has 6 heteroatoms. The number of ether oxygens (including phenoxy) is 2. The third kappa shape index (κ3) is 4.26. The molecule has 5 nitrogen and oxygen atoms in total. The van der Waals surface area contributed by atoms with E-state index >= 15 is 0 Å². The van der Waals surface area contributed by atoms with E-state index in [0.717, 1.165) is 42.5 Å². The van der Waals surface area contributed by atoms with E-state index in [4.69, 9.17) is 21.1 Å². The number of para-hydroxylation sites is 1. The van der Waals surface area contributed by atoms with Gasteiger partial charge in [0, 0.05) is 28.9 Å². The van der Waals surface area contributed by atoms with Crippen LogP contribution in [0, 0.1) is 0 Å². The molecule has 0 bridgehead atoms. The van der Waals surface area contributed by atoms with Crippen molar-refractivity contribution in [3.8, 4) is 0 Å². The van der Waals surface area contributed by atoms with Crippen molar-refractivity contribution < 1.29 is 14.3 Å². The average molecular weight is 397 g/mol. The van der Waals surface area contributed by atoms with E-state index in [9.17, 15) is 4.79 Å². The van der Waals surface area contributed by atoms with E-state index in [1.807, 2.05) is 42.5 Å². The predicted molar refractivity (Wildman–Crippen MR) is 110 cm³/mol. The zero-order valence-electron chi connectivity index (χ0n) is 15.4. The van der Waals surface area contributed by atoms with Crippen molar-refractivity contribution in [3.05, 3.63) is 65.3 Å². The second-order valence-corrected chi connectivity index (χ2v) is 7.21. The SMILES string of the molecule is O=C(OCC1CCCCO1)c1ccccc1Nc1ccnc2cc(Cl)ccc12. The number of hydrogen-bond acceptors (Lipinski definition) is 5. The average Bonchev–Trinajstić information content (AvgIpc) is 2.73. The van der Waals surface area contributed by atoms with E-state index in [0.29, 0.717) is 16.3 Å². The van der Waals surface area contributed by atoms with Crippen molar-refractivity contribution >= 4 is 39.8 Å². The number of esters is 1. The quantitative estimate of drug-likeness (QED) is 0.588. The Morgan fingerprint density at radius 2 is 2.07 bits per heavy atom. The molecule has 3 aromatic rings. The van der Waals surface area contributed by atoms with E-state index in [1.54, 1.807) is 12.3 Å². The molecule has 144 valence electrons. The molecule has 1 atom stereocenters. The van der Waals surface area contributed by atoms with Gasteiger partial charge in [0.25, 0.3) is 0 Å². The molecule has 28 heavy (non-hydrogen) atoms. The molecule has 1 unspecified atom stereocenters. The minimum Gasteiger partial charge on any atom is -0.459 e. The normalized spacial score (nSPS) is 16.7. The lowest BCUT2D eigenvalue weighted by Gasteiger charge is -2.22. The third-order valence-electron chi connectivity index (χ3n) is 4.80. The van der Waals surface area contributed by atoms with Gasteiger partial charge in [0.15, 0.2) is 0 Å². The van der Waals surface area contributed by atoms with Gasteiger partial charge in [0.2, 0.25) is 0 Å². The van der Waals surface area contributed by atoms with E-state index in [1.165, 1.54) is 0 Å². The summed E-state index contributed by atoms with van der Waals surface area (Å²) in [5.74, 6) is -0.362. The summed E-state index contributed by atoms with van der Waals surface area (Å²) in [6.45, 7) is 1.02. The summed E-state index contributed by atoms with van der Waals surface area (Å²) in [5.41, 5.74) is 2.79. The fourth-order valence-corrected chi connectivity index (χ4v) is 3.50. The number of halogens is 1. The topological polar surface area (TPSA) is 60.5 Å². The molecule has 4 rings (SSSR count). The molecule has 1 aliphatic heterocycles. The van der Waals surface area contributed by atoms with Gasteiger partial charge in [-0.3, -0.25) is 4.98 Å². The van der Waals surface area contributed by atoms with Gasteiger partial charge in [-0.05, 0) is 55.7 Å². The van der Waals surface area contributed by atoms with Crippen molar-refractivity contribution in [1.82, 2.24) is 4.98 Å². The number of fused-ring (bicyclic) bond motifs is 1. The first-order chi connectivity index (χ1) is 13.7. The molecule has 0 aliphatic carbocycles. The number of anilines is 2. The largest absolute Gasteiger partial charge is 0.459 e. The van der Waals surface area contributed by atoms with Gasteiger partial charge in [0.05, 0.1) is 22.9 Å². The summed E-state index contributed by atoms with van der Waals surface area (Å²) < 4.78 is 11.2. The molecule has 1 aliphatic rings.